The molecule has 0 aromatic carbocycles. The lowest BCUT2D eigenvalue weighted by molar-refractivity contribution is 1.12. The molecule has 0 aliphatic carbocycles. The van der Waals surface area contributed by atoms with Crippen LogP contribution in [0.5, 0.6) is 0 Å². The maximum Gasteiger partial charge on any atom is 0.0468 e. The predicted molar refractivity (Wildman–Crippen MR) is 66.0 cm³/mol. The van der Waals surface area contributed by atoms with E-state index in [0.29, 0.717) is 0 Å². The van der Waals surface area contributed by atoms with Crippen molar-refractivity contribution in [2.75, 3.05) is 11.9 Å². The number of aryl methyl sites for hydroxylation is 2. The first kappa shape index (κ1) is 10.6. The molecule has 3 nitrogen and oxygen atoms in total. The van der Waals surface area contributed by atoms with Gasteiger partial charge in [-0.3, -0.25) is 9.97 Å². The van der Waals surface area contributed by atoms with Gasteiger partial charge in [0.1, 0.15) is 0 Å². The first-order valence-electron chi connectivity index (χ1n) is 5.25. The number of pyridine rings is 2. The van der Waals surface area contributed by atoms with E-state index in [0.717, 1.165) is 0 Å². The molecule has 0 fully saturated rings. The molecule has 2 rings (SSSR count). The van der Waals surface area contributed by atoms with Crippen molar-refractivity contribution in [3.05, 3.63) is 48.0 Å². The zero-order valence-corrected chi connectivity index (χ0v) is 9.81. The van der Waals surface area contributed by atoms with Crippen molar-refractivity contribution < 1.29 is 0 Å². The van der Waals surface area contributed by atoms with Crippen molar-refractivity contribution in [2.24, 2.45) is 0 Å². The van der Waals surface area contributed by atoms with Crippen LogP contribution in [0.15, 0.2) is 36.9 Å². The average Bonchev–Trinajstić information content (AvgIpc) is 2.29. The quantitative estimate of drug-likeness (QED) is 0.768. The van der Waals surface area contributed by atoms with Crippen molar-refractivity contribution >= 4 is 11.4 Å². The van der Waals surface area contributed by atoms with E-state index < -0.39 is 0 Å². The summed E-state index contributed by atoms with van der Waals surface area (Å²) < 4.78 is 0. The fraction of sp³-hybridized carbons (Fsp3) is 0.231. The first-order valence-corrected chi connectivity index (χ1v) is 5.25. The van der Waals surface area contributed by atoms with Gasteiger partial charge >= 0.3 is 0 Å². The summed E-state index contributed by atoms with van der Waals surface area (Å²) in [4.78, 5) is 10.4. The van der Waals surface area contributed by atoms with E-state index in [1.54, 1.807) is 0 Å². The molecule has 0 bridgehead atoms. The number of rotatable bonds is 2. The summed E-state index contributed by atoms with van der Waals surface area (Å²) in [6.45, 7) is 4.13. The largest absolute Gasteiger partial charge is 0.344 e. The van der Waals surface area contributed by atoms with Gasteiger partial charge in [0.05, 0.1) is 0 Å². The summed E-state index contributed by atoms with van der Waals surface area (Å²) in [6, 6.07) is 4.05. The van der Waals surface area contributed by atoms with Gasteiger partial charge in [0.25, 0.3) is 0 Å². The summed E-state index contributed by atoms with van der Waals surface area (Å²) in [5.41, 5.74) is 4.68. The fourth-order valence-electron chi connectivity index (χ4n) is 1.81. The van der Waals surface area contributed by atoms with Crippen LogP contribution in [-0.4, -0.2) is 17.0 Å². The normalized spacial score (nSPS) is 10.2. The molecule has 0 spiro atoms. The number of aromatic nitrogens is 2. The van der Waals surface area contributed by atoms with Gasteiger partial charge in [-0.05, 0) is 37.1 Å². The van der Waals surface area contributed by atoms with Crippen LogP contribution in [0.25, 0.3) is 0 Å². The van der Waals surface area contributed by atoms with E-state index >= 15 is 0 Å². The van der Waals surface area contributed by atoms with Gasteiger partial charge in [-0.2, -0.15) is 0 Å². The van der Waals surface area contributed by atoms with Crippen LogP contribution < -0.4 is 4.90 Å². The highest BCUT2D eigenvalue weighted by Gasteiger charge is 2.08. The molecule has 0 radical (unpaired) electrons. The molecule has 3 heteroatoms. The second-order valence-electron chi connectivity index (χ2n) is 3.88. The first-order chi connectivity index (χ1) is 7.70. The van der Waals surface area contributed by atoms with Crippen LogP contribution >= 0.6 is 0 Å². The van der Waals surface area contributed by atoms with E-state index in [1.165, 1.54) is 22.5 Å². The summed E-state index contributed by atoms with van der Waals surface area (Å²) in [7, 11) is 2.06. The Kier molecular flexibility index (Phi) is 2.86. The van der Waals surface area contributed by atoms with Gasteiger partial charge in [0, 0.05) is 43.2 Å². The van der Waals surface area contributed by atoms with Crippen LogP contribution in [0.2, 0.25) is 0 Å². The molecular formula is C13H15N3. The number of anilines is 2. The highest BCUT2D eigenvalue weighted by molar-refractivity contribution is 5.66. The van der Waals surface area contributed by atoms with Crippen molar-refractivity contribution in [1.29, 1.82) is 0 Å². The molecule has 0 saturated heterocycles. The molecule has 82 valence electrons. The van der Waals surface area contributed by atoms with Crippen molar-refractivity contribution in [1.82, 2.24) is 9.97 Å². The third-order valence-electron chi connectivity index (χ3n) is 2.70. The second kappa shape index (κ2) is 4.31. The molecule has 0 amide bonds. The highest BCUT2D eigenvalue weighted by atomic mass is 15.1. The Bertz CT molecular complexity index is 449. The van der Waals surface area contributed by atoms with Crippen LogP contribution in [0.3, 0.4) is 0 Å². The summed E-state index contributed by atoms with van der Waals surface area (Å²) >= 11 is 0. The molecule has 2 aromatic heterocycles. The molecule has 0 unspecified atom stereocenters. The number of hydrogen-bond donors (Lipinski definition) is 0. The van der Waals surface area contributed by atoms with Gasteiger partial charge in [0.2, 0.25) is 0 Å². The molecule has 0 atom stereocenters. The topological polar surface area (TPSA) is 29.0 Å². The van der Waals surface area contributed by atoms with E-state index in [2.05, 4.69) is 35.8 Å². The standard InChI is InChI=1S/C13H15N3/c1-10-8-14-6-4-12(10)16(3)13-5-7-15-9-11(13)2/h4-9H,1-3H3. The van der Waals surface area contributed by atoms with Crippen molar-refractivity contribution in [2.45, 2.75) is 13.8 Å². The lowest BCUT2D eigenvalue weighted by Gasteiger charge is -2.22. The predicted octanol–water partition coefficient (Wildman–Crippen LogP) is 2.86. The van der Waals surface area contributed by atoms with Crippen LogP contribution in [-0.2, 0) is 0 Å². The highest BCUT2D eigenvalue weighted by Crippen LogP contribution is 2.27. The SMILES string of the molecule is Cc1cnccc1N(C)c1ccncc1C. The Hall–Kier alpha value is -1.90. The van der Waals surface area contributed by atoms with Crippen molar-refractivity contribution in [3.8, 4) is 0 Å². The smallest absolute Gasteiger partial charge is 0.0468 e. The van der Waals surface area contributed by atoms with Crippen LogP contribution in [0, 0.1) is 13.8 Å². The minimum Gasteiger partial charge on any atom is -0.344 e. The Morgan fingerprint density at radius 3 is 1.69 bits per heavy atom. The Morgan fingerprint density at radius 2 is 1.31 bits per heavy atom. The lowest BCUT2D eigenvalue weighted by atomic mass is 10.2. The molecule has 0 N–H and O–H groups in total. The maximum absolute atomic E-state index is 4.10. The summed E-state index contributed by atoms with van der Waals surface area (Å²) in [5.74, 6) is 0. The fourth-order valence-corrected chi connectivity index (χ4v) is 1.81. The summed E-state index contributed by atoms with van der Waals surface area (Å²) in [5, 5.41) is 0. The monoisotopic (exact) mass is 213 g/mol. The number of hydrogen-bond acceptors (Lipinski definition) is 3. The molecule has 2 heterocycles. The van der Waals surface area contributed by atoms with E-state index in [9.17, 15) is 0 Å². The van der Waals surface area contributed by atoms with Crippen LogP contribution in [0.4, 0.5) is 11.4 Å². The van der Waals surface area contributed by atoms with Gasteiger partial charge in [-0.1, -0.05) is 0 Å². The van der Waals surface area contributed by atoms with Gasteiger partial charge in [-0.25, -0.2) is 0 Å². The van der Waals surface area contributed by atoms with Gasteiger partial charge in [-0.15, -0.1) is 0 Å². The molecule has 0 aliphatic rings. The van der Waals surface area contributed by atoms with Crippen LogP contribution in [0.1, 0.15) is 11.1 Å². The van der Waals surface area contributed by atoms with Crippen molar-refractivity contribution in [3.63, 3.8) is 0 Å². The summed E-state index contributed by atoms with van der Waals surface area (Å²) in [6.07, 6.45) is 7.38. The van der Waals surface area contributed by atoms with E-state index in [1.807, 2.05) is 36.9 Å². The van der Waals surface area contributed by atoms with E-state index in [-0.39, 0.29) is 0 Å². The zero-order valence-electron chi connectivity index (χ0n) is 9.81. The Labute approximate surface area is 95.8 Å². The average molecular weight is 213 g/mol. The molecule has 0 aliphatic heterocycles. The zero-order chi connectivity index (χ0) is 11.5. The third-order valence-corrected chi connectivity index (χ3v) is 2.70. The lowest BCUT2D eigenvalue weighted by Crippen LogP contribution is -2.12. The minimum absolute atomic E-state index is 1.17. The maximum atomic E-state index is 4.10. The van der Waals surface area contributed by atoms with E-state index in [4.69, 9.17) is 0 Å². The molecule has 2 aromatic rings. The van der Waals surface area contributed by atoms with Gasteiger partial charge < -0.3 is 4.90 Å². The molecule has 16 heavy (non-hydrogen) atoms. The Balaban J connectivity index is 2.44. The second-order valence-corrected chi connectivity index (χ2v) is 3.88. The third kappa shape index (κ3) is 1.89. The number of nitrogens with zero attached hydrogens (tertiary/aromatic N) is 3. The molecule has 0 saturated carbocycles. The minimum atomic E-state index is 1.17. The Morgan fingerprint density at radius 1 is 0.875 bits per heavy atom. The van der Waals surface area contributed by atoms with Gasteiger partial charge in [0.15, 0.2) is 0 Å². The molecular weight excluding hydrogens is 198 g/mol.